The number of para-hydroxylation sites is 1. The van der Waals surface area contributed by atoms with E-state index in [-0.39, 0.29) is 5.91 Å². The fourth-order valence-corrected chi connectivity index (χ4v) is 1.66. The first-order chi connectivity index (χ1) is 8.29. The second-order valence-corrected chi connectivity index (χ2v) is 4.29. The van der Waals surface area contributed by atoms with Crippen molar-refractivity contribution >= 4 is 11.6 Å². The van der Waals surface area contributed by atoms with Gasteiger partial charge >= 0.3 is 0 Å². The zero-order valence-corrected chi connectivity index (χ0v) is 10.0. The topological polar surface area (TPSA) is 50.4 Å². The Kier molecular flexibility index (Phi) is 3.98. The van der Waals surface area contributed by atoms with Crippen LogP contribution in [0.5, 0.6) is 0 Å². The molecule has 1 fully saturated rings. The third kappa shape index (κ3) is 3.75. The number of carbonyl (C=O) groups excluding carboxylic acids is 1. The summed E-state index contributed by atoms with van der Waals surface area (Å²) in [6, 6.07) is 8.27. The van der Waals surface area contributed by atoms with Crippen molar-refractivity contribution in [2.24, 2.45) is 0 Å². The van der Waals surface area contributed by atoms with E-state index in [1.807, 2.05) is 24.3 Å². The summed E-state index contributed by atoms with van der Waals surface area (Å²) in [5.74, 6) is 0.0553. The standard InChI is InChI=1S/C13H18N2O2/c1-17-9-10-4-2-3-5-12(10)14-8-13(16)15-11-6-7-11/h2-5,11,14H,6-9H2,1H3,(H,15,16). The van der Waals surface area contributed by atoms with Crippen molar-refractivity contribution in [2.75, 3.05) is 19.0 Å². The van der Waals surface area contributed by atoms with Gasteiger partial charge in [0.05, 0.1) is 13.2 Å². The second-order valence-electron chi connectivity index (χ2n) is 4.29. The van der Waals surface area contributed by atoms with Gasteiger partial charge in [-0.25, -0.2) is 0 Å². The molecule has 0 radical (unpaired) electrons. The van der Waals surface area contributed by atoms with Crippen LogP contribution in [-0.2, 0) is 16.1 Å². The molecule has 0 unspecified atom stereocenters. The number of rotatable bonds is 6. The highest BCUT2D eigenvalue weighted by molar-refractivity contribution is 5.81. The van der Waals surface area contributed by atoms with Gasteiger partial charge in [0.15, 0.2) is 0 Å². The van der Waals surface area contributed by atoms with Gasteiger partial charge in [-0.1, -0.05) is 18.2 Å². The molecule has 2 N–H and O–H groups in total. The molecule has 0 atom stereocenters. The molecule has 0 saturated heterocycles. The van der Waals surface area contributed by atoms with Crippen LogP contribution in [0.2, 0.25) is 0 Å². The smallest absolute Gasteiger partial charge is 0.239 e. The summed E-state index contributed by atoms with van der Waals surface area (Å²) in [5, 5.41) is 6.08. The van der Waals surface area contributed by atoms with E-state index >= 15 is 0 Å². The van der Waals surface area contributed by atoms with Crippen LogP contribution in [0.4, 0.5) is 5.69 Å². The van der Waals surface area contributed by atoms with Gasteiger partial charge in [0.2, 0.25) is 5.91 Å². The Bertz CT molecular complexity index is 389. The molecule has 4 nitrogen and oxygen atoms in total. The molecule has 1 aromatic carbocycles. The fourth-order valence-electron chi connectivity index (χ4n) is 1.66. The summed E-state index contributed by atoms with van der Waals surface area (Å²) in [6.45, 7) is 0.866. The van der Waals surface area contributed by atoms with Gasteiger partial charge in [-0.15, -0.1) is 0 Å². The molecule has 0 spiro atoms. The molecule has 0 bridgehead atoms. The van der Waals surface area contributed by atoms with Gasteiger partial charge in [0.1, 0.15) is 0 Å². The highest BCUT2D eigenvalue weighted by Crippen LogP contribution is 2.18. The normalized spacial score (nSPS) is 14.4. The second kappa shape index (κ2) is 5.68. The van der Waals surface area contributed by atoms with Crippen molar-refractivity contribution < 1.29 is 9.53 Å². The van der Waals surface area contributed by atoms with Gasteiger partial charge in [0, 0.05) is 24.4 Å². The Balaban J connectivity index is 1.86. The van der Waals surface area contributed by atoms with Crippen molar-refractivity contribution in [2.45, 2.75) is 25.5 Å². The van der Waals surface area contributed by atoms with Gasteiger partial charge < -0.3 is 15.4 Å². The molecule has 17 heavy (non-hydrogen) atoms. The summed E-state index contributed by atoms with van der Waals surface area (Å²) in [4.78, 5) is 11.5. The van der Waals surface area contributed by atoms with Crippen LogP contribution >= 0.6 is 0 Å². The van der Waals surface area contributed by atoms with Crippen LogP contribution in [0.3, 0.4) is 0 Å². The van der Waals surface area contributed by atoms with E-state index < -0.39 is 0 Å². The number of hydrogen-bond donors (Lipinski definition) is 2. The van der Waals surface area contributed by atoms with E-state index in [0.717, 1.165) is 24.1 Å². The molecule has 0 heterocycles. The molecular formula is C13H18N2O2. The highest BCUT2D eigenvalue weighted by Gasteiger charge is 2.22. The van der Waals surface area contributed by atoms with E-state index in [9.17, 15) is 4.79 Å². The summed E-state index contributed by atoms with van der Waals surface area (Å²) in [5.41, 5.74) is 2.02. The van der Waals surface area contributed by atoms with Crippen molar-refractivity contribution in [3.63, 3.8) is 0 Å². The molecule has 1 amide bonds. The lowest BCUT2D eigenvalue weighted by atomic mass is 10.2. The van der Waals surface area contributed by atoms with Crippen molar-refractivity contribution in [3.8, 4) is 0 Å². The number of ether oxygens (including phenoxy) is 1. The molecule has 0 aromatic heterocycles. The highest BCUT2D eigenvalue weighted by atomic mass is 16.5. The lowest BCUT2D eigenvalue weighted by molar-refractivity contribution is -0.119. The SMILES string of the molecule is COCc1ccccc1NCC(=O)NC1CC1. The van der Waals surface area contributed by atoms with Crippen LogP contribution in [0, 0.1) is 0 Å². The molecule has 4 heteroatoms. The minimum Gasteiger partial charge on any atom is -0.380 e. The van der Waals surface area contributed by atoms with Gasteiger partial charge in [0.25, 0.3) is 0 Å². The van der Waals surface area contributed by atoms with E-state index in [0.29, 0.717) is 19.2 Å². The minimum atomic E-state index is 0.0553. The monoisotopic (exact) mass is 234 g/mol. The van der Waals surface area contributed by atoms with E-state index in [1.54, 1.807) is 7.11 Å². The molecular weight excluding hydrogens is 216 g/mol. The predicted molar refractivity (Wildman–Crippen MR) is 66.8 cm³/mol. The van der Waals surface area contributed by atoms with Crippen LogP contribution < -0.4 is 10.6 Å². The molecule has 2 rings (SSSR count). The van der Waals surface area contributed by atoms with Crippen LogP contribution in [0.1, 0.15) is 18.4 Å². The Hall–Kier alpha value is -1.55. The number of benzene rings is 1. The van der Waals surface area contributed by atoms with Crippen molar-refractivity contribution in [1.29, 1.82) is 0 Å². The lowest BCUT2D eigenvalue weighted by Crippen LogP contribution is -2.31. The predicted octanol–water partition coefficient (Wildman–Crippen LogP) is 1.52. The molecule has 1 aliphatic rings. The van der Waals surface area contributed by atoms with Crippen LogP contribution in [0.25, 0.3) is 0 Å². The Morgan fingerprint density at radius 1 is 1.41 bits per heavy atom. The number of amides is 1. The molecule has 0 aliphatic heterocycles. The maximum Gasteiger partial charge on any atom is 0.239 e. The third-order valence-electron chi connectivity index (χ3n) is 2.70. The van der Waals surface area contributed by atoms with E-state index in [4.69, 9.17) is 4.74 Å². The first-order valence-corrected chi connectivity index (χ1v) is 5.89. The van der Waals surface area contributed by atoms with Crippen LogP contribution in [0.15, 0.2) is 24.3 Å². The quantitative estimate of drug-likeness (QED) is 0.784. The van der Waals surface area contributed by atoms with Gasteiger partial charge in [-0.05, 0) is 18.9 Å². The largest absolute Gasteiger partial charge is 0.380 e. The molecule has 1 saturated carbocycles. The zero-order chi connectivity index (χ0) is 12.1. The molecule has 1 aliphatic carbocycles. The van der Waals surface area contributed by atoms with E-state index in [2.05, 4.69) is 10.6 Å². The summed E-state index contributed by atoms with van der Waals surface area (Å²) in [7, 11) is 1.66. The number of methoxy groups -OCH3 is 1. The minimum absolute atomic E-state index is 0.0553. The van der Waals surface area contributed by atoms with Gasteiger partial charge in [-0.2, -0.15) is 0 Å². The van der Waals surface area contributed by atoms with Crippen molar-refractivity contribution in [3.05, 3.63) is 29.8 Å². The average molecular weight is 234 g/mol. The van der Waals surface area contributed by atoms with Crippen LogP contribution in [-0.4, -0.2) is 25.6 Å². The zero-order valence-electron chi connectivity index (χ0n) is 10.0. The first kappa shape index (κ1) is 11.9. The number of carbonyl (C=O) groups is 1. The molecule has 92 valence electrons. The van der Waals surface area contributed by atoms with Gasteiger partial charge in [-0.3, -0.25) is 4.79 Å². The van der Waals surface area contributed by atoms with Crippen molar-refractivity contribution in [1.82, 2.24) is 5.32 Å². The Morgan fingerprint density at radius 2 is 2.18 bits per heavy atom. The Labute approximate surface area is 101 Å². The summed E-state index contributed by atoms with van der Waals surface area (Å²) >= 11 is 0. The van der Waals surface area contributed by atoms with E-state index in [1.165, 1.54) is 0 Å². The Morgan fingerprint density at radius 3 is 2.88 bits per heavy atom. The average Bonchev–Trinajstić information content (AvgIpc) is 3.12. The third-order valence-corrected chi connectivity index (χ3v) is 2.70. The first-order valence-electron chi connectivity index (χ1n) is 5.89. The fraction of sp³-hybridized carbons (Fsp3) is 0.462. The lowest BCUT2D eigenvalue weighted by Gasteiger charge is -2.11. The summed E-state index contributed by atoms with van der Waals surface area (Å²) in [6.07, 6.45) is 2.23. The maximum atomic E-state index is 11.5. The summed E-state index contributed by atoms with van der Waals surface area (Å²) < 4.78 is 5.11. The number of anilines is 1. The maximum absolute atomic E-state index is 11.5. The molecule has 1 aromatic rings. The number of hydrogen-bond acceptors (Lipinski definition) is 3. The number of nitrogens with one attached hydrogen (secondary N) is 2.